The van der Waals surface area contributed by atoms with E-state index in [2.05, 4.69) is 4.57 Å². The fourth-order valence-corrected chi connectivity index (χ4v) is 3.50. The van der Waals surface area contributed by atoms with Gasteiger partial charge in [-0.15, -0.1) is 0 Å². The van der Waals surface area contributed by atoms with Gasteiger partial charge in [-0.05, 0) is 54.1 Å². The summed E-state index contributed by atoms with van der Waals surface area (Å²) < 4.78 is 13.0. The van der Waals surface area contributed by atoms with Gasteiger partial charge in [-0.2, -0.15) is 0 Å². The molecule has 5 nitrogen and oxygen atoms in total. The highest BCUT2D eigenvalue weighted by atomic mass is 35.5. The molecule has 1 N–H and O–H groups in total. The summed E-state index contributed by atoms with van der Waals surface area (Å²) in [6.45, 7) is 0.568. The minimum Gasteiger partial charge on any atom is -0.497 e. The first kappa shape index (κ1) is 20.3. The van der Waals surface area contributed by atoms with Crippen LogP contribution >= 0.6 is 11.6 Å². The van der Waals surface area contributed by atoms with E-state index in [0.29, 0.717) is 23.7 Å². The molecule has 0 aliphatic carbocycles. The topological polar surface area (TPSA) is 56.5 Å². The molecule has 1 heterocycles. The van der Waals surface area contributed by atoms with Crippen LogP contribution in [0.3, 0.4) is 0 Å². The van der Waals surface area contributed by atoms with Crippen LogP contribution in [0.4, 0.5) is 0 Å². The quantitative estimate of drug-likeness (QED) is 0.446. The minimum absolute atomic E-state index is 0.180. The molecule has 6 heteroatoms. The standard InChI is InChI=1S/C24H23ClN2O3/c1-29-20-10-12-21(13-11-20)30-16-19(28)15-27-23-5-3-2-4-22(23)26-24(27)14-17-6-8-18(25)9-7-17/h2-13,19,28H,14-16H2,1H3. The summed E-state index contributed by atoms with van der Waals surface area (Å²) in [6.07, 6.45) is -0.0357. The van der Waals surface area contributed by atoms with Gasteiger partial charge in [0.15, 0.2) is 0 Å². The van der Waals surface area contributed by atoms with Gasteiger partial charge in [0.25, 0.3) is 0 Å². The maximum Gasteiger partial charge on any atom is 0.119 e. The molecule has 30 heavy (non-hydrogen) atoms. The number of benzene rings is 3. The van der Waals surface area contributed by atoms with Crippen molar-refractivity contribution in [1.29, 1.82) is 0 Å². The molecule has 1 unspecified atom stereocenters. The number of ether oxygens (including phenoxy) is 2. The van der Waals surface area contributed by atoms with Crippen LogP contribution < -0.4 is 9.47 Å². The lowest BCUT2D eigenvalue weighted by atomic mass is 10.1. The molecule has 0 aliphatic rings. The second kappa shape index (κ2) is 9.20. The molecule has 4 rings (SSSR count). The van der Waals surface area contributed by atoms with Crippen molar-refractivity contribution in [2.24, 2.45) is 0 Å². The number of hydrogen-bond acceptors (Lipinski definition) is 4. The molecular formula is C24H23ClN2O3. The predicted octanol–water partition coefficient (Wildman–Crippen LogP) is 4.73. The van der Waals surface area contributed by atoms with E-state index in [1.807, 2.05) is 72.8 Å². The number of aliphatic hydroxyl groups excluding tert-OH is 1. The molecule has 0 saturated carbocycles. The highest BCUT2D eigenvalue weighted by Gasteiger charge is 2.15. The Morgan fingerprint density at radius 1 is 0.967 bits per heavy atom. The molecule has 0 fully saturated rings. The Kier molecular flexibility index (Phi) is 6.21. The normalized spacial score (nSPS) is 12.1. The summed E-state index contributed by atoms with van der Waals surface area (Å²) in [4.78, 5) is 4.78. The lowest BCUT2D eigenvalue weighted by Crippen LogP contribution is -2.24. The summed E-state index contributed by atoms with van der Waals surface area (Å²) in [7, 11) is 1.62. The van der Waals surface area contributed by atoms with Crippen molar-refractivity contribution in [2.75, 3.05) is 13.7 Å². The third-order valence-corrected chi connectivity index (χ3v) is 5.16. The summed E-state index contributed by atoms with van der Waals surface area (Å²) >= 11 is 6.01. The SMILES string of the molecule is COc1ccc(OCC(O)Cn2c(Cc3ccc(Cl)cc3)nc3ccccc32)cc1. The molecular weight excluding hydrogens is 400 g/mol. The van der Waals surface area contributed by atoms with Gasteiger partial charge in [0, 0.05) is 11.4 Å². The molecule has 0 saturated heterocycles. The second-order valence-corrected chi connectivity index (χ2v) is 7.51. The molecule has 3 aromatic carbocycles. The first-order valence-electron chi connectivity index (χ1n) is 9.76. The van der Waals surface area contributed by atoms with Crippen molar-refractivity contribution in [3.63, 3.8) is 0 Å². The Morgan fingerprint density at radius 3 is 2.40 bits per heavy atom. The molecule has 0 radical (unpaired) electrons. The zero-order valence-corrected chi connectivity index (χ0v) is 17.4. The maximum absolute atomic E-state index is 10.7. The first-order chi connectivity index (χ1) is 14.6. The van der Waals surface area contributed by atoms with E-state index in [1.54, 1.807) is 7.11 Å². The fourth-order valence-electron chi connectivity index (χ4n) is 3.38. The molecule has 0 aliphatic heterocycles. The van der Waals surface area contributed by atoms with Crippen LogP contribution in [0.15, 0.2) is 72.8 Å². The van der Waals surface area contributed by atoms with Crippen LogP contribution in [0, 0.1) is 0 Å². The van der Waals surface area contributed by atoms with Crippen LogP contribution in [-0.4, -0.2) is 34.5 Å². The van der Waals surface area contributed by atoms with Crippen LogP contribution in [0.25, 0.3) is 11.0 Å². The van der Waals surface area contributed by atoms with Crippen molar-refractivity contribution in [3.8, 4) is 11.5 Å². The smallest absolute Gasteiger partial charge is 0.119 e. The van der Waals surface area contributed by atoms with Crippen molar-refractivity contribution in [3.05, 3.63) is 89.2 Å². The zero-order chi connectivity index (χ0) is 20.9. The van der Waals surface area contributed by atoms with E-state index in [9.17, 15) is 5.11 Å². The Bertz CT molecular complexity index is 1110. The van der Waals surface area contributed by atoms with E-state index in [1.165, 1.54) is 0 Å². The number of methoxy groups -OCH3 is 1. The number of aromatic nitrogens is 2. The lowest BCUT2D eigenvalue weighted by Gasteiger charge is -2.16. The van der Waals surface area contributed by atoms with Crippen LogP contribution in [0.5, 0.6) is 11.5 Å². The molecule has 4 aromatic rings. The predicted molar refractivity (Wildman–Crippen MR) is 118 cm³/mol. The highest BCUT2D eigenvalue weighted by Crippen LogP contribution is 2.21. The largest absolute Gasteiger partial charge is 0.497 e. The Labute approximate surface area is 180 Å². The molecule has 154 valence electrons. The minimum atomic E-state index is -0.686. The van der Waals surface area contributed by atoms with E-state index in [0.717, 1.165) is 28.2 Å². The van der Waals surface area contributed by atoms with Gasteiger partial charge >= 0.3 is 0 Å². The molecule has 1 aromatic heterocycles. The number of imidazole rings is 1. The average Bonchev–Trinajstić information content (AvgIpc) is 3.11. The number of aliphatic hydroxyl groups is 1. The van der Waals surface area contributed by atoms with E-state index >= 15 is 0 Å². The average molecular weight is 423 g/mol. The zero-order valence-electron chi connectivity index (χ0n) is 16.7. The van der Waals surface area contributed by atoms with E-state index in [4.69, 9.17) is 26.1 Å². The number of halogens is 1. The van der Waals surface area contributed by atoms with Crippen LogP contribution in [0.1, 0.15) is 11.4 Å². The third kappa shape index (κ3) is 4.75. The van der Waals surface area contributed by atoms with Gasteiger partial charge < -0.3 is 19.1 Å². The summed E-state index contributed by atoms with van der Waals surface area (Å²) in [5.74, 6) is 2.34. The number of fused-ring (bicyclic) bond motifs is 1. The van der Waals surface area contributed by atoms with Gasteiger partial charge in [0.1, 0.15) is 30.0 Å². The van der Waals surface area contributed by atoms with Crippen molar-refractivity contribution in [1.82, 2.24) is 9.55 Å². The number of hydrogen-bond donors (Lipinski definition) is 1. The van der Waals surface area contributed by atoms with Gasteiger partial charge in [0.2, 0.25) is 0 Å². The van der Waals surface area contributed by atoms with Crippen molar-refractivity contribution in [2.45, 2.75) is 19.1 Å². The summed E-state index contributed by atoms with van der Waals surface area (Å²) in [6, 6.07) is 23.0. The highest BCUT2D eigenvalue weighted by molar-refractivity contribution is 6.30. The van der Waals surface area contributed by atoms with Crippen LogP contribution in [-0.2, 0) is 13.0 Å². The molecule has 0 spiro atoms. The fraction of sp³-hybridized carbons (Fsp3) is 0.208. The Hall–Kier alpha value is -3.02. The third-order valence-electron chi connectivity index (χ3n) is 4.90. The number of para-hydroxylation sites is 2. The summed E-state index contributed by atoms with van der Waals surface area (Å²) in [5.41, 5.74) is 3.01. The summed E-state index contributed by atoms with van der Waals surface area (Å²) in [5, 5.41) is 11.4. The lowest BCUT2D eigenvalue weighted by molar-refractivity contribution is 0.0928. The van der Waals surface area contributed by atoms with E-state index in [-0.39, 0.29) is 6.61 Å². The van der Waals surface area contributed by atoms with Gasteiger partial charge in [0.05, 0.1) is 24.7 Å². The Morgan fingerprint density at radius 2 is 1.67 bits per heavy atom. The number of rotatable bonds is 8. The van der Waals surface area contributed by atoms with Crippen molar-refractivity contribution < 1.29 is 14.6 Å². The number of nitrogens with zero attached hydrogens (tertiary/aromatic N) is 2. The van der Waals surface area contributed by atoms with Gasteiger partial charge in [-0.25, -0.2) is 4.98 Å². The second-order valence-electron chi connectivity index (χ2n) is 7.07. The van der Waals surface area contributed by atoms with E-state index < -0.39 is 6.10 Å². The monoisotopic (exact) mass is 422 g/mol. The Balaban J connectivity index is 1.50. The van der Waals surface area contributed by atoms with Gasteiger partial charge in [-0.1, -0.05) is 35.9 Å². The maximum atomic E-state index is 10.7. The van der Waals surface area contributed by atoms with Crippen LogP contribution in [0.2, 0.25) is 5.02 Å². The molecule has 0 amide bonds. The molecule has 0 bridgehead atoms. The van der Waals surface area contributed by atoms with Gasteiger partial charge in [-0.3, -0.25) is 0 Å². The van der Waals surface area contributed by atoms with Crippen molar-refractivity contribution >= 4 is 22.6 Å². The first-order valence-corrected chi connectivity index (χ1v) is 10.1. The molecule has 1 atom stereocenters.